The van der Waals surface area contributed by atoms with Gasteiger partial charge < -0.3 is 11.2 Å². The van der Waals surface area contributed by atoms with Crippen LogP contribution in [-0.4, -0.2) is 16.4 Å². The molecule has 0 aliphatic heterocycles. The van der Waals surface area contributed by atoms with E-state index in [1.807, 2.05) is 0 Å². The quantitative estimate of drug-likeness (QED) is 0.274. The maximum Gasteiger partial charge on any atom is 1.00 e. The van der Waals surface area contributed by atoms with Crippen molar-refractivity contribution >= 4 is 7.82 Å². The predicted molar refractivity (Wildman–Crippen MR) is 84.8 cm³/mol. The van der Waals surface area contributed by atoms with Gasteiger partial charge in [-0.1, -0.05) is 84.0 Å². The normalized spacial score (nSPS) is 11.4. The summed E-state index contributed by atoms with van der Waals surface area (Å²) in [6.45, 7) is 2.42. The van der Waals surface area contributed by atoms with Crippen LogP contribution in [0, 0.1) is 0 Å². The minimum Gasteiger partial charge on any atom is -1.00 e. The van der Waals surface area contributed by atoms with Gasteiger partial charge in [0.05, 0.1) is 6.61 Å². The van der Waals surface area contributed by atoms with Gasteiger partial charge in [-0.05, 0) is 6.42 Å². The molecule has 0 aliphatic carbocycles. The second-order valence-corrected chi connectivity index (χ2v) is 6.81. The summed E-state index contributed by atoms with van der Waals surface area (Å²) in [5.41, 5.74) is 0. The molecule has 0 aromatic heterocycles. The van der Waals surface area contributed by atoms with E-state index in [0.717, 1.165) is 19.3 Å². The molecule has 4 nitrogen and oxygen atoms in total. The summed E-state index contributed by atoms with van der Waals surface area (Å²) in [4.78, 5) is 17.0. The Hall–Kier alpha value is 1.11. The summed E-state index contributed by atoms with van der Waals surface area (Å²) >= 11 is 0. The fraction of sp³-hybridized carbons (Fsp3) is 1.00. The second kappa shape index (κ2) is 17.5. The number of hydrogen-bond acceptors (Lipinski definition) is 2. The third kappa shape index (κ3) is 23.5. The third-order valence-corrected chi connectivity index (χ3v) is 4.03. The van der Waals surface area contributed by atoms with Crippen LogP contribution in [-0.2, 0) is 9.09 Å². The van der Waals surface area contributed by atoms with Crippen LogP contribution in [0.25, 0.3) is 0 Å². The zero-order chi connectivity index (χ0) is 15.1. The molecule has 0 saturated carbocycles. The van der Waals surface area contributed by atoms with E-state index in [-0.39, 0.29) is 37.6 Å². The number of unbranched alkanes of at least 4 members (excludes halogenated alkanes) is 12. The Morgan fingerprint density at radius 2 is 1.10 bits per heavy atom. The molecule has 0 rings (SSSR count). The first-order valence-electron chi connectivity index (χ1n) is 8.26. The van der Waals surface area contributed by atoms with Gasteiger partial charge in [0.2, 0.25) is 0 Å². The molecule has 2 N–H and O–H groups in total. The van der Waals surface area contributed by atoms with E-state index in [1.54, 1.807) is 0 Å². The Labute approximate surface area is 154 Å². The minimum atomic E-state index is -4.25. The summed E-state index contributed by atoms with van der Waals surface area (Å²) in [6.07, 6.45) is 16.3. The van der Waals surface area contributed by atoms with Gasteiger partial charge in [0, 0.05) is 0 Å². The van der Waals surface area contributed by atoms with E-state index in [4.69, 9.17) is 9.79 Å². The molecule has 0 amide bonds. The average molecular weight is 332 g/mol. The van der Waals surface area contributed by atoms with Crippen LogP contribution >= 0.6 is 7.82 Å². The molecule has 0 atom stereocenters. The first-order chi connectivity index (χ1) is 9.56. The minimum absolute atomic E-state index is 0. The maximum atomic E-state index is 10.4. The van der Waals surface area contributed by atoms with E-state index in [2.05, 4.69) is 11.4 Å². The third-order valence-electron chi connectivity index (χ3n) is 3.51. The van der Waals surface area contributed by atoms with E-state index in [9.17, 15) is 4.57 Å². The van der Waals surface area contributed by atoms with Gasteiger partial charge >= 0.3 is 37.4 Å². The monoisotopic (exact) mass is 332 g/mol. The van der Waals surface area contributed by atoms with Gasteiger partial charge in [-0.2, -0.15) is 0 Å². The molecule has 0 radical (unpaired) electrons. The van der Waals surface area contributed by atoms with E-state index < -0.39 is 7.82 Å². The predicted octanol–water partition coefficient (Wildman–Crippen LogP) is 2.30. The van der Waals surface area contributed by atoms with Gasteiger partial charge in [-0.15, -0.1) is 0 Å². The number of phosphoric ester groups is 1. The maximum absolute atomic E-state index is 10.4. The zero-order valence-corrected chi connectivity index (χ0v) is 17.0. The summed E-state index contributed by atoms with van der Waals surface area (Å²) in [5.74, 6) is 0. The molecule has 0 aliphatic rings. The van der Waals surface area contributed by atoms with Crippen molar-refractivity contribution in [2.45, 2.75) is 90.4 Å². The van der Waals surface area contributed by atoms with Crippen LogP contribution in [0.5, 0.6) is 0 Å². The van der Waals surface area contributed by atoms with Crippen LogP contribution in [0.1, 0.15) is 91.8 Å². The molecule has 0 bridgehead atoms. The number of hydrogen-bond donors (Lipinski definition) is 2. The SMILES string of the molecule is CCCCCCCCCCCCCCCOP(=O)(O)O.[H-].[Na+]. The fourth-order valence-corrected chi connectivity index (χ4v) is 2.67. The first-order valence-corrected chi connectivity index (χ1v) is 9.79. The van der Waals surface area contributed by atoms with Crippen LogP contribution in [0.4, 0.5) is 0 Å². The Bertz CT molecular complexity index is 252. The van der Waals surface area contributed by atoms with Gasteiger partial charge in [0.15, 0.2) is 0 Å². The Balaban J connectivity index is -0.00000180. The Morgan fingerprint density at radius 3 is 1.43 bits per heavy atom. The molecule has 0 aromatic carbocycles. The number of rotatable bonds is 15. The summed E-state index contributed by atoms with van der Waals surface area (Å²) in [6, 6.07) is 0. The fourth-order valence-electron chi connectivity index (χ4n) is 2.30. The molecular weight excluding hydrogens is 298 g/mol. The van der Waals surface area contributed by atoms with E-state index >= 15 is 0 Å². The topological polar surface area (TPSA) is 66.8 Å². The average Bonchev–Trinajstić information content (AvgIpc) is 2.38. The first kappa shape index (κ1) is 24.4. The Kier molecular flexibility index (Phi) is 20.3. The molecular formula is C15H34NaO4P. The molecule has 0 heterocycles. The smallest absolute Gasteiger partial charge is 1.00 e. The van der Waals surface area contributed by atoms with Gasteiger partial charge in [0.25, 0.3) is 0 Å². The molecule has 0 unspecified atom stereocenters. The van der Waals surface area contributed by atoms with Gasteiger partial charge in [-0.25, -0.2) is 4.57 Å². The van der Waals surface area contributed by atoms with Gasteiger partial charge in [-0.3, -0.25) is 4.52 Å². The molecule has 21 heavy (non-hydrogen) atoms. The summed E-state index contributed by atoms with van der Waals surface area (Å²) < 4.78 is 14.8. The standard InChI is InChI=1S/C15H33O4P.Na.H/c1-2-3-4-5-6-7-8-9-10-11-12-13-14-15-19-20(16,17)18;;/h2-15H2,1H3,(H2,16,17,18);;/q;+1;-1. The van der Waals surface area contributed by atoms with Crippen LogP contribution in [0.2, 0.25) is 0 Å². The molecule has 0 fully saturated rings. The molecule has 0 aromatic rings. The zero-order valence-electron chi connectivity index (χ0n) is 15.1. The van der Waals surface area contributed by atoms with Crippen molar-refractivity contribution in [1.82, 2.24) is 0 Å². The molecule has 0 spiro atoms. The van der Waals surface area contributed by atoms with E-state index in [1.165, 1.54) is 64.2 Å². The van der Waals surface area contributed by atoms with Crippen LogP contribution in [0.3, 0.4) is 0 Å². The van der Waals surface area contributed by atoms with Crippen molar-refractivity contribution in [2.75, 3.05) is 6.61 Å². The molecule has 6 heteroatoms. The van der Waals surface area contributed by atoms with Crippen molar-refractivity contribution in [3.05, 3.63) is 0 Å². The van der Waals surface area contributed by atoms with Crippen molar-refractivity contribution in [2.24, 2.45) is 0 Å². The van der Waals surface area contributed by atoms with Crippen LogP contribution < -0.4 is 29.6 Å². The van der Waals surface area contributed by atoms with Crippen molar-refractivity contribution in [3.63, 3.8) is 0 Å². The van der Waals surface area contributed by atoms with Crippen LogP contribution in [0.15, 0.2) is 0 Å². The second-order valence-electron chi connectivity index (χ2n) is 5.57. The molecule has 124 valence electrons. The van der Waals surface area contributed by atoms with E-state index in [0.29, 0.717) is 0 Å². The van der Waals surface area contributed by atoms with Gasteiger partial charge in [0.1, 0.15) is 0 Å². The largest absolute Gasteiger partial charge is 1.00 e. The number of phosphoric acid groups is 1. The van der Waals surface area contributed by atoms with Crippen molar-refractivity contribution in [1.29, 1.82) is 0 Å². The van der Waals surface area contributed by atoms with Crippen molar-refractivity contribution < 1.29 is 49.9 Å². The van der Waals surface area contributed by atoms with Crippen molar-refractivity contribution in [3.8, 4) is 0 Å². The Morgan fingerprint density at radius 1 is 0.762 bits per heavy atom. The summed E-state index contributed by atoms with van der Waals surface area (Å²) in [5, 5.41) is 0. The molecule has 0 saturated heterocycles. The summed E-state index contributed by atoms with van der Waals surface area (Å²) in [7, 11) is -4.25.